The molecule has 0 aromatic heterocycles. The summed E-state index contributed by atoms with van der Waals surface area (Å²) in [4.78, 5) is 34.0. The normalized spacial score (nSPS) is 12.0. The van der Waals surface area contributed by atoms with E-state index in [1.807, 2.05) is 0 Å². The van der Waals surface area contributed by atoms with Gasteiger partial charge in [0.1, 0.15) is 0 Å². The average molecular weight is 361 g/mol. The summed E-state index contributed by atoms with van der Waals surface area (Å²) in [5, 5.41) is 10.7. The van der Waals surface area contributed by atoms with Gasteiger partial charge in [0, 0.05) is 23.8 Å². The highest BCUT2D eigenvalue weighted by Crippen LogP contribution is 2.15. The summed E-state index contributed by atoms with van der Waals surface area (Å²) in [6.07, 6.45) is 1.08. The van der Waals surface area contributed by atoms with Crippen molar-refractivity contribution in [1.29, 1.82) is 0 Å². The first-order valence-electron chi connectivity index (χ1n) is 7.40. The number of halogens is 2. The molecule has 0 aliphatic carbocycles. The van der Waals surface area contributed by atoms with Gasteiger partial charge in [-0.25, -0.2) is 13.6 Å². The van der Waals surface area contributed by atoms with Crippen molar-refractivity contribution in [3.63, 3.8) is 0 Å². The molecule has 0 aliphatic rings. The number of nitro groups is 1. The number of carbonyl (C=O) groups excluding carboxylic acids is 2. The van der Waals surface area contributed by atoms with Crippen LogP contribution in [0.3, 0.4) is 0 Å². The Morgan fingerprint density at radius 1 is 1.15 bits per heavy atom. The molecule has 2 aromatic rings. The number of benzene rings is 2. The molecule has 0 spiro atoms. The van der Waals surface area contributed by atoms with Crippen molar-refractivity contribution in [2.45, 2.75) is 13.0 Å². The van der Waals surface area contributed by atoms with Gasteiger partial charge in [-0.05, 0) is 36.8 Å². The van der Waals surface area contributed by atoms with Crippen molar-refractivity contribution in [3.8, 4) is 0 Å². The Bertz CT molecular complexity index is 895. The van der Waals surface area contributed by atoms with E-state index in [1.54, 1.807) is 6.07 Å². The second-order valence-corrected chi connectivity index (χ2v) is 5.26. The number of rotatable bonds is 6. The molecule has 2 aromatic carbocycles. The molecular weight excluding hydrogens is 348 g/mol. The number of Topliss-reactive ketones (excluding diaryl/α,β-unsaturated/α-hetero) is 1. The summed E-state index contributed by atoms with van der Waals surface area (Å²) >= 11 is 0. The smallest absolute Gasteiger partial charge is 0.331 e. The van der Waals surface area contributed by atoms with E-state index < -0.39 is 34.4 Å². The van der Waals surface area contributed by atoms with E-state index in [0.29, 0.717) is 5.56 Å². The largest absolute Gasteiger partial charge is 0.451 e. The van der Waals surface area contributed by atoms with Crippen LogP contribution in [-0.4, -0.2) is 22.8 Å². The number of ether oxygens (including phenoxy) is 1. The Hall–Kier alpha value is -3.42. The summed E-state index contributed by atoms with van der Waals surface area (Å²) in [6, 6.07) is 8.19. The zero-order valence-electron chi connectivity index (χ0n) is 13.5. The van der Waals surface area contributed by atoms with Gasteiger partial charge in [-0.3, -0.25) is 14.9 Å². The summed E-state index contributed by atoms with van der Waals surface area (Å²) in [5.74, 6) is -3.83. The zero-order valence-corrected chi connectivity index (χ0v) is 13.5. The fraction of sp³-hybridized carbons (Fsp3) is 0.111. The van der Waals surface area contributed by atoms with Crippen molar-refractivity contribution in [3.05, 3.63) is 81.4 Å². The fourth-order valence-electron chi connectivity index (χ4n) is 2.06. The molecule has 0 radical (unpaired) electrons. The molecule has 0 N–H and O–H groups in total. The molecule has 6 nitrogen and oxygen atoms in total. The third-order valence-electron chi connectivity index (χ3n) is 3.36. The zero-order chi connectivity index (χ0) is 19.3. The first kappa shape index (κ1) is 18.9. The topological polar surface area (TPSA) is 86.5 Å². The predicted molar refractivity (Wildman–Crippen MR) is 88.4 cm³/mol. The van der Waals surface area contributed by atoms with Crippen LogP contribution in [0.15, 0.2) is 48.5 Å². The van der Waals surface area contributed by atoms with Crippen LogP contribution in [0.1, 0.15) is 22.8 Å². The first-order valence-corrected chi connectivity index (χ1v) is 7.40. The van der Waals surface area contributed by atoms with Crippen LogP contribution in [0.5, 0.6) is 0 Å². The van der Waals surface area contributed by atoms with Crippen molar-refractivity contribution in [2.24, 2.45) is 0 Å². The minimum Gasteiger partial charge on any atom is -0.451 e. The molecule has 134 valence electrons. The minimum absolute atomic E-state index is 0.133. The molecule has 26 heavy (non-hydrogen) atoms. The van der Waals surface area contributed by atoms with Gasteiger partial charge in [0.05, 0.1) is 4.92 Å². The third kappa shape index (κ3) is 4.79. The Balaban J connectivity index is 2.02. The first-order chi connectivity index (χ1) is 12.3. The molecule has 1 unspecified atom stereocenters. The Morgan fingerprint density at radius 2 is 1.88 bits per heavy atom. The molecule has 0 amide bonds. The van der Waals surface area contributed by atoms with Crippen LogP contribution >= 0.6 is 0 Å². The van der Waals surface area contributed by atoms with Crippen LogP contribution in [0, 0.1) is 21.7 Å². The van der Waals surface area contributed by atoms with Crippen molar-refractivity contribution < 1.29 is 28.0 Å². The number of esters is 1. The number of nitrogens with zero attached hydrogens (tertiary/aromatic N) is 1. The van der Waals surface area contributed by atoms with Gasteiger partial charge in [0.15, 0.2) is 17.7 Å². The Morgan fingerprint density at radius 3 is 2.54 bits per heavy atom. The average Bonchev–Trinajstić information content (AvgIpc) is 2.61. The van der Waals surface area contributed by atoms with Crippen LogP contribution in [0.4, 0.5) is 14.5 Å². The highest BCUT2D eigenvalue weighted by molar-refractivity contribution is 6.01. The molecule has 0 fully saturated rings. The number of nitro benzene ring substituents is 1. The van der Waals surface area contributed by atoms with E-state index in [9.17, 15) is 28.5 Å². The maximum absolute atomic E-state index is 13.2. The van der Waals surface area contributed by atoms with E-state index in [0.717, 1.165) is 24.3 Å². The Labute approximate surface area is 146 Å². The number of hydrogen-bond acceptors (Lipinski definition) is 5. The Kier molecular flexibility index (Phi) is 5.90. The van der Waals surface area contributed by atoms with Gasteiger partial charge < -0.3 is 4.74 Å². The van der Waals surface area contributed by atoms with Gasteiger partial charge in [-0.15, -0.1) is 0 Å². The summed E-state index contributed by atoms with van der Waals surface area (Å²) in [6.45, 7) is 1.29. The molecular formula is C18H13F2NO5. The quantitative estimate of drug-likeness (QED) is 0.257. The molecule has 0 saturated heterocycles. The van der Waals surface area contributed by atoms with E-state index in [2.05, 4.69) is 0 Å². The maximum Gasteiger partial charge on any atom is 0.331 e. The molecule has 0 saturated carbocycles. The van der Waals surface area contributed by atoms with E-state index in [-0.39, 0.29) is 11.3 Å². The highest BCUT2D eigenvalue weighted by Gasteiger charge is 2.19. The van der Waals surface area contributed by atoms with Crippen LogP contribution < -0.4 is 0 Å². The third-order valence-corrected chi connectivity index (χ3v) is 3.36. The van der Waals surface area contributed by atoms with Gasteiger partial charge in [-0.1, -0.05) is 12.1 Å². The van der Waals surface area contributed by atoms with E-state index in [4.69, 9.17) is 4.74 Å². The number of hydrogen-bond donors (Lipinski definition) is 0. The van der Waals surface area contributed by atoms with Crippen LogP contribution in [0.25, 0.3) is 6.08 Å². The van der Waals surface area contributed by atoms with Crippen molar-refractivity contribution in [1.82, 2.24) is 0 Å². The van der Waals surface area contributed by atoms with E-state index in [1.165, 1.54) is 31.2 Å². The van der Waals surface area contributed by atoms with Crippen molar-refractivity contribution in [2.75, 3.05) is 0 Å². The standard InChI is InChI=1S/C18H13F2NO5/c1-11(18(23)13-6-7-15(19)16(20)10-13)26-17(22)8-5-12-3-2-4-14(9-12)21(24)25/h2-11H,1H3. The molecule has 1 atom stereocenters. The lowest BCUT2D eigenvalue weighted by Crippen LogP contribution is -2.23. The maximum atomic E-state index is 13.2. The lowest BCUT2D eigenvalue weighted by molar-refractivity contribution is -0.384. The SMILES string of the molecule is CC(OC(=O)C=Cc1cccc([N+](=O)[O-])c1)C(=O)c1ccc(F)c(F)c1. The lowest BCUT2D eigenvalue weighted by atomic mass is 10.1. The molecule has 0 heterocycles. The monoisotopic (exact) mass is 361 g/mol. The lowest BCUT2D eigenvalue weighted by Gasteiger charge is -2.11. The second kappa shape index (κ2) is 8.11. The van der Waals surface area contributed by atoms with Gasteiger partial charge >= 0.3 is 5.97 Å². The molecule has 8 heteroatoms. The van der Waals surface area contributed by atoms with Gasteiger partial charge in [0.2, 0.25) is 5.78 Å². The summed E-state index contributed by atoms with van der Waals surface area (Å²) in [7, 11) is 0. The van der Waals surface area contributed by atoms with E-state index >= 15 is 0 Å². The molecule has 0 aliphatic heterocycles. The second-order valence-electron chi connectivity index (χ2n) is 5.26. The number of carbonyl (C=O) groups is 2. The van der Waals surface area contributed by atoms with Crippen molar-refractivity contribution >= 4 is 23.5 Å². The number of non-ortho nitro benzene ring substituents is 1. The van der Waals surface area contributed by atoms with Crippen LogP contribution in [0.2, 0.25) is 0 Å². The highest BCUT2D eigenvalue weighted by atomic mass is 19.2. The molecule has 2 rings (SSSR count). The summed E-state index contributed by atoms with van der Waals surface area (Å²) in [5.41, 5.74) is 0.130. The fourth-order valence-corrected chi connectivity index (χ4v) is 2.06. The van der Waals surface area contributed by atoms with Crippen LogP contribution in [-0.2, 0) is 9.53 Å². The summed E-state index contributed by atoms with van der Waals surface area (Å²) < 4.78 is 31.0. The number of ketones is 1. The van der Waals surface area contributed by atoms with Gasteiger partial charge in [0.25, 0.3) is 5.69 Å². The predicted octanol–water partition coefficient (Wildman–Crippen LogP) is 3.70. The van der Waals surface area contributed by atoms with Gasteiger partial charge in [-0.2, -0.15) is 0 Å². The molecule has 0 bridgehead atoms. The minimum atomic E-state index is -1.22.